The molecule has 3 aromatic rings. The van der Waals surface area contributed by atoms with E-state index in [1.165, 1.54) is 10.7 Å². The fourth-order valence-electron chi connectivity index (χ4n) is 4.40. The molecular formula is C24H33N9O3. The van der Waals surface area contributed by atoms with E-state index in [0.717, 1.165) is 38.3 Å². The minimum Gasteiger partial charge on any atom is -0.489 e. The first kappa shape index (κ1) is 24.3. The van der Waals surface area contributed by atoms with Crippen molar-refractivity contribution in [2.75, 3.05) is 71.0 Å². The van der Waals surface area contributed by atoms with Gasteiger partial charge in [0.25, 0.3) is 5.56 Å². The number of piperazine rings is 1. The molecule has 5 heterocycles. The van der Waals surface area contributed by atoms with Gasteiger partial charge in [0.1, 0.15) is 6.61 Å². The zero-order chi connectivity index (χ0) is 24.9. The average molecular weight is 496 g/mol. The maximum Gasteiger partial charge on any atom is 0.266 e. The molecule has 0 saturated carbocycles. The fraction of sp³-hybridized carbons (Fsp3) is 0.542. The van der Waals surface area contributed by atoms with Gasteiger partial charge in [0, 0.05) is 70.7 Å². The van der Waals surface area contributed by atoms with Crippen LogP contribution in [0, 0.1) is 0 Å². The van der Waals surface area contributed by atoms with Crippen LogP contribution in [0.3, 0.4) is 0 Å². The SMILES string of the molecule is CN1CCN(CCOc2cnc(N3CCO[C@H](Cn4nc(-c5cnn(C)c5)ccc4=O)C3)nc2)CC1. The standard InChI is InChI=1S/C24H33N9O3/c1-29-5-7-31(8-6-29)9-11-35-20-14-25-24(26-15-20)32-10-12-36-21(17-32)18-33-23(34)4-3-22(28-33)19-13-27-30(2)16-19/h3-4,13-16,21H,5-12,17-18H2,1-2H3/t21-/m0/s1. The van der Waals surface area contributed by atoms with Gasteiger partial charge in [0.15, 0.2) is 5.75 Å². The van der Waals surface area contributed by atoms with Crippen LogP contribution in [0.5, 0.6) is 5.75 Å². The lowest BCUT2D eigenvalue weighted by molar-refractivity contribution is 0.0260. The molecule has 1 atom stereocenters. The molecule has 0 aromatic carbocycles. The Hall–Kier alpha value is -3.35. The summed E-state index contributed by atoms with van der Waals surface area (Å²) < 4.78 is 15.0. The number of hydrogen-bond donors (Lipinski definition) is 0. The lowest BCUT2D eigenvalue weighted by Gasteiger charge is -2.33. The number of aromatic nitrogens is 6. The van der Waals surface area contributed by atoms with Crippen LogP contribution in [0.2, 0.25) is 0 Å². The number of morpholine rings is 1. The first-order valence-corrected chi connectivity index (χ1v) is 12.3. The Balaban J connectivity index is 1.15. The molecule has 2 saturated heterocycles. The highest BCUT2D eigenvalue weighted by Gasteiger charge is 2.24. The van der Waals surface area contributed by atoms with Gasteiger partial charge < -0.3 is 19.3 Å². The first-order chi connectivity index (χ1) is 17.5. The van der Waals surface area contributed by atoms with E-state index in [1.54, 1.807) is 29.3 Å². The largest absolute Gasteiger partial charge is 0.489 e. The molecule has 0 aliphatic carbocycles. The highest BCUT2D eigenvalue weighted by atomic mass is 16.5. The van der Waals surface area contributed by atoms with E-state index < -0.39 is 0 Å². The molecule has 0 spiro atoms. The maximum absolute atomic E-state index is 12.4. The monoisotopic (exact) mass is 495 g/mol. The summed E-state index contributed by atoms with van der Waals surface area (Å²) in [7, 11) is 4.00. The summed E-state index contributed by atoms with van der Waals surface area (Å²) in [6, 6.07) is 3.24. The first-order valence-electron chi connectivity index (χ1n) is 12.3. The molecule has 36 heavy (non-hydrogen) atoms. The summed E-state index contributed by atoms with van der Waals surface area (Å²) in [5, 5.41) is 8.71. The molecule has 2 aliphatic heterocycles. The summed E-state index contributed by atoms with van der Waals surface area (Å²) in [5.74, 6) is 1.29. The van der Waals surface area contributed by atoms with Crippen molar-refractivity contribution < 1.29 is 9.47 Å². The normalized spacial score (nSPS) is 19.5. The Morgan fingerprint density at radius 3 is 2.61 bits per heavy atom. The van der Waals surface area contributed by atoms with Crippen LogP contribution in [0.15, 0.2) is 41.7 Å². The summed E-state index contributed by atoms with van der Waals surface area (Å²) in [4.78, 5) is 28.3. The van der Waals surface area contributed by atoms with Crippen LogP contribution >= 0.6 is 0 Å². The van der Waals surface area contributed by atoms with Crippen LogP contribution < -0.4 is 15.2 Å². The molecule has 0 radical (unpaired) electrons. The molecule has 0 amide bonds. The maximum atomic E-state index is 12.4. The van der Waals surface area contributed by atoms with Crippen molar-refractivity contribution in [3.8, 4) is 17.0 Å². The van der Waals surface area contributed by atoms with Crippen LogP contribution in [0.4, 0.5) is 5.95 Å². The zero-order valence-electron chi connectivity index (χ0n) is 20.9. The van der Waals surface area contributed by atoms with Gasteiger partial charge in [-0.3, -0.25) is 14.4 Å². The Morgan fingerprint density at radius 2 is 1.86 bits per heavy atom. The van der Waals surface area contributed by atoms with E-state index in [1.807, 2.05) is 13.2 Å². The van der Waals surface area contributed by atoms with E-state index in [-0.39, 0.29) is 11.7 Å². The van der Waals surface area contributed by atoms with E-state index in [2.05, 4.69) is 41.9 Å². The van der Waals surface area contributed by atoms with Crippen LogP contribution in [-0.2, 0) is 18.3 Å². The molecule has 192 valence electrons. The van der Waals surface area contributed by atoms with Gasteiger partial charge in [0.2, 0.25) is 5.95 Å². The molecule has 0 unspecified atom stereocenters. The number of hydrogen-bond acceptors (Lipinski definition) is 10. The lowest BCUT2D eigenvalue weighted by Crippen LogP contribution is -2.46. The summed E-state index contributed by atoms with van der Waals surface area (Å²) in [5.41, 5.74) is 1.39. The van der Waals surface area contributed by atoms with Gasteiger partial charge in [-0.2, -0.15) is 10.2 Å². The summed E-state index contributed by atoms with van der Waals surface area (Å²) in [6.07, 6.45) is 6.83. The van der Waals surface area contributed by atoms with Gasteiger partial charge in [-0.05, 0) is 13.1 Å². The minimum absolute atomic E-state index is 0.169. The molecule has 2 aliphatic rings. The highest BCUT2D eigenvalue weighted by molar-refractivity contribution is 5.55. The number of likely N-dealkylation sites (N-methyl/N-ethyl adjacent to an activating group) is 1. The molecule has 0 N–H and O–H groups in total. The van der Waals surface area contributed by atoms with Crippen LogP contribution in [0.25, 0.3) is 11.3 Å². The fourth-order valence-corrected chi connectivity index (χ4v) is 4.40. The average Bonchev–Trinajstić information content (AvgIpc) is 3.33. The Morgan fingerprint density at radius 1 is 1.06 bits per heavy atom. The van der Waals surface area contributed by atoms with Crippen molar-refractivity contribution in [1.82, 2.24) is 39.3 Å². The minimum atomic E-state index is -0.212. The zero-order valence-corrected chi connectivity index (χ0v) is 20.9. The molecular weight excluding hydrogens is 462 g/mol. The Bertz CT molecular complexity index is 1190. The molecule has 2 fully saturated rings. The number of nitrogens with zero attached hydrogens (tertiary/aromatic N) is 9. The van der Waals surface area contributed by atoms with Gasteiger partial charge in [-0.25, -0.2) is 14.6 Å². The van der Waals surface area contributed by atoms with Gasteiger partial charge in [-0.1, -0.05) is 0 Å². The molecule has 12 nitrogen and oxygen atoms in total. The van der Waals surface area contributed by atoms with E-state index in [0.29, 0.717) is 50.2 Å². The third-order valence-electron chi connectivity index (χ3n) is 6.55. The summed E-state index contributed by atoms with van der Waals surface area (Å²) in [6.45, 7) is 7.96. The molecule has 12 heteroatoms. The quantitative estimate of drug-likeness (QED) is 0.423. The highest BCUT2D eigenvalue weighted by Crippen LogP contribution is 2.17. The van der Waals surface area contributed by atoms with Crippen molar-refractivity contribution in [3.63, 3.8) is 0 Å². The smallest absolute Gasteiger partial charge is 0.266 e. The predicted molar refractivity (Wildman–Crippen MR) is 134 cm³/mol. The second-order valence-electron chi connectivity index (χ2n) is 9.29. The molecule has 5 rings (SSSR count). The number of ether oxygens (including phenoxy) is 2. The van der Waals surface area contributed by atoms with Crippen molar-refractivity contribution in [1.29, 1.82) is 0 Å². The molecule has 3 aromatic heterocycles. The van der Waals surface area contributed by atoms with E-state index in [9.17, 15) is 4.79 Å². The van der Waals surface area contributed by atoms with Crippen molar-refractivity contribution in [2.24, 2.45) is 7.05 Å². The third-order valence-corrected chi connectivity index (χ3v) is 6.55. The number of anilines is 1. The van der Waals surface area contributed by atoms with E-state index in [4.69, 9.17) is 9.47 Å². The Labute approximate surface area is 210 Å². The van der Waals surface area contributed by atoms with E-state index >= 15 is 0 Å². The topological polar surface area (TPSA) is 107 Å². The molecule has 0 bridgehead atoms. The van der Waals surface area contributed by atoms with Gasteiger partial charge in [-0.15, -0.1) is 0 Å². The van der Waals surface area contributed by atoms with Gasteiger partial charge >= 0.3 is 0 Å². The van der Waals surface area contributed by atoms with Crippen LogP contribution in [0.1, 0.15) is 0 Å². The third kappa shape index (κ3) is 6.07. The van der Waals surface area contributed by atoms with Crippen LogP contribution in [-0.4, -0.2) is 112 Å². The van der Waals surface area contributed by atoms with Crippen molar-refractivity contribution in [2.45, 2.75) is 12.6 Å². The predicted octanol–water partition coefficient (Wildman–Crippen LogP) is -0.0346. The lowest BCUT2D eigenvalue weighted by atomic mass is 10.2. The summed E-state index contributed by atoms with van der Waals surface area (Å²) >= 11 is 0. The van der Waals surface area contributed by atoms with Crippen molar-refractivity contribution in [3.05, 3.63) is 47.3 Å². The second kappa shape index (κ2) is 11.1. The number of aryl methyl sites for hydroxylation is 1. The Kier molecular flexibility index (Phi) is 7.54. The number of rotatable bonds is 8. The van der Waals surface area contributed by atoms with Gasteiger partial charge in [0.05, 0.1) is 43.5 Å². The van der Waals surface area contributed by atoms with Crippen molar-refractivity contribution >= 4 is 5.95 Å². The second-order valence-corrected chi connectivity index (χ2v) is 9.29.